The van der Waals surface area contributed by atoms with Gasteiger partial charge in [0.15, 0.2) is 0 Å². The first-order valence-electron chi connectivity index (χ1n) is 10.7. The highest BCUT2D eigenvalue weighted by molar-refractivity contribution is 5.79. The molecule has 2 saturated heterocycles. The predicted octanol–water partition coefficient (Wildman–Crippen LogP) is 2.02. The zero-order valence-electron chi connectivity index (χ0n) is 17.7. The van der Waals surface area contributed by atoms with Gasteiger partial charge in [0.05, 0.1) is 18.4 Å². The van der Waals surface area contributed by atoms with Crippen molar-refractivity contribution in [3.8, 4) is 0 Å². The average molecular weight is 411 g/mol. The minimum absolute atomic E-state index is 0.0430. The maximum absolute atomic E-state index is 12.6. The number of hydrogen-bond donors (Lipinski definition) is 1. The molecule has 2 aromatic heterocycles. The number of hydrogen-bond acceptors (Lipinski definition) is 7. The Morgan fingerprint density at radius 3 is 2.43 bits per heavy atom. The largest absolute Gasteiger partial charge is 0.372 e. The fourth-order valence-electron chi connectivity index (χ4n) is 4.23. The number of amides is 1. The molecular formula is C22H30N6O2. The van der Waals surface area contributed by atoms with E-state index in [1.807, 2.05) is 18.3 Å². The van der Waals surface area contributed by atoms with E-state index in [0.717, 1.165) is 56.2 Å². The zero-order valence-corrected chi connectivity index (χ0v) is 17.7. The maximum Gasteiger partial charge on any atom is 0.223 e. The van der Waals surface area contributed by atoms with E-state index >= 15 is 0 Å². The number of nitrogens with zero attached hydrogens (tertiary/aromatic N) is 5. The summed E-state index contributed by atoms with van der Waals surface area (Å²) >= 11 is 0. The van der Waals surface area contributed by atoms with Gasteiger partial charge in [-0.05, 0) is 38.3 Å². The van der Waals surface area contributed by atoms with Crippen LogP contribution in [0.1, 0.15) is 32.3 Å². The van der Waals surface area contributed by atoms with Gasteiger partial charge >= 0.3 is 0 Å². The number of anilines is 2. The lowest BCUT2D eigenvalue weighted by molar-refractivity contribution is -0.125. The van der Waals surface area contributed by atoms with Gasteiger partial charge in [-0.1, -0.05) is 6.07 Å². The van der Waals surface area contributed by atoms with Crippen LogP contribution in [0, 0.1) is 5.92 Å². The molecule has 8 heteroatoms. The number of piperidine rings is 1. The summed E-state index contributed by atoms with van der Waals surface area (Å²) in [6, 6.07) is 4.08. The number of nitrogens with one attached hydrogen (secondary N) is 1. The van der Waals surface area contributed by atoms with E-state index in [4.69, 9.17) is 4.74 Å². The Kier molecular flexibility index (Phi) is 6.42. The van der Waals surface area contributed by atoms with Crippen molar-refractivity contribution < 1.29 is 9.53 Å². The molecule has 1 N–H and O–H groups in total. The molecule has 2 aromatic rings. The fourth-order valence-corrected chi connectivity index (χ4v) is 4.23. The molecule has 0 bridgehead atoms. The Hall–Kier alpha value is -2.74. The monoisotopic (exact) mass is 410 g/mol. The molecule has 4 heterocycles. The van der Waals surface area contributed by atoms with Crippen LogP contribution in [-0.4, -0.2) is 59.2 Å². The standard InChI is InChI=1S/C22H30N6O2/c1-16-14-28(15-17(2)30-16)20-4-3-18(11-25-20)12-26-22(29)19-5-9-27(10-6-19)21-13-23-7-8-24-21/h3-4,7-8,11,13,16-17,19H,5-6,9-10,12,14-15H2,1-2H3,(H,26,29). The molecule has 30 heavy (non-hydrogen) atoms. The topological polar surface area (TPSA) is 83.5 Å². The summed E-state index contributed by atoms with van der Waals surface area (Å²) in [5, 5.41) is 3.08. The Morgan fingerprint density at radius 2 is 1.80 bits per heavy atom. The van der Waals surface area contributed by atoms with E-state index in [1.165, 1.54) is 0 Å². The van der Waals surface area contributed by atoms with Crippen molar-refractivity contribution in [1.29, 1.82) is 0 Å². The van der Waals surface area contributed by atoms with Gasteiger partial charge in [-0.3, -0.25) is 9.78 Å². The molecule has 2 aliphatic heterocycles. The molecule has 4 rings (SSSR count). The Labute approximate surface area is 177 Å². The number of aromatic nitrogens is 3. The van der Waals surface area contributed by atoms with E-state index in [2.05, 4.69) is 43.9 Å². The first kappa shape index (κ1) is 20.5. The molecule has 160 valence electrons. The fraction of sp³-hybridized carbons (Fsp3) is 0.545. The van der Waals surface area contributed by atoms with Crippen LogP contribution >= 0.6 is 0 Å². The lowest BCUT2D eigenvalue weighted by atomic mass is 9.96. The highest BCUT2D eigenvalue weighted by Gasteiger charge is 2.26. The molecular weight excluding hydrogens is 380 g/mol. The van der Waals surface area contributed by atoms with Crippen LogP contribution in [0.2, 0.25) is 0 Å². The second kappa shape index (κ2) is 9.38. The summed E-state index contributed by atoms with van der Waals surface area (Å²) in [7, 11) is 0. The number of carbonyl (C=O) groups is 1. The number of ether oxygens (including phenoxy) is 1. The van der Waals surface area contributed by atoms with Gasteiger partial charge in [-0.15, -0.1) is 0 Å². The predicted molar refractivity (Wildman–Crippen MR) is 115 cm³/mol. The molecule has 8 nitrogen and oxygen atoms in total. The van der Waals surface area contributed by atoms with Crippen LogP contribution in [-0.2, 0) is 16.1 Å². The van der Waals surface area contributed by atoms with Crippen LogP contribution in [0.5, 0.6) is 0 Å². The highest BCUT2D eigenvalue weighted by atomic mass is 16.5. The van der Waals surface area contributed by atoms with E-state index in [1.54, 1.807) is 18.6 Å². The van der Waals surface area contributed by atoms with Gasteiger partial charge in [0.2, 0.25) is 5.91 Å². The zero-order chi connectivity index (χ0) is 20.9. The van der Waals surface area contributed by atoms with E-state index < -0.39 is 0 Å². The van der Waals surface area contributed by atoms with Gasteiger partial charge in [0.1, 0.15) is 11.6 Å². The molecule has 2 atom stereocenters. The van der Waals surface area contributed by atoms with Crippen molar-refractivity contribution in [2.45, 2.75) is 45.4 Å². The first-order valence-corrected chi connectivity index (χ1v) is 10.7. The minimum atomic E-state index is 0.0430. The number of morpholine rings is 1. The lowest BCUT2D eigenvalue weighted by Gasteiger charge is -2.36. The van der Waals surface area contributed by atoms with Crippen molar-refractivity contribution in [1.82, 2.24) is 20.3 Å². The second-order valence-electron chi connectivity index (χ2n) is 8.23. The second-order valence-corrected chi connectivity index (χ2v) is 8.23. The Bertz CT molecular complexity index is 813. The van der Waals surface area contributed by atoms with Crippen LogP contribution < -0.4 is 15.1 Å². The summed E-state index contributed by atoms with van der Waals surface area (Å²) in [6.07, 6.45) is 9.07. The molecule has 0 aliphatic carbocycles. The third-order valence-electron chi connectivity index (χ3n) is 5.76. The Balaban J connectivity index is 1.24. The summed E-state index contributed by atoms with van der Waals surface area (Å²) in [6.45, 7) is 8.02. The summed E-state index contributed by atoms with van der Waals surface area (Å²) in [5.41, 5.74) is 1.01. The van der Waals surface area contributed by atoms with Crippen molar-refractivity contribution in [3.05, 3.63) is 42.5 Å². The first-order chi connectivity index (χ1) is 14.6. The van der Waals surface area contributed by atoms with E-state index in [-0.39, 0.29) is 24.0 Å². The van der Waals surface area contributed by atoms with Gasteiger partial charge in [0.25, 0.3) is 0 Å². The quantitative estimate of drug-likeness (QED) is 0.807. The van der Waals surface area contributed by atoms with Gasteiger partial charge < -0.3 is 19.9 Å². The molecule has 1 amide bonds. The third-order valence-corrected chi connectivity index (χ3v) is 5.76. The van der Waals surface area contributed by atoms with Crippen molar-refractivity contribution in [2.75, 3.05) is 36.0 Å². The number of pyridine rings is 1. The van der Waals surface area contributed by atoms with Crippen molar-refractivity contribution >= 4 is 17.5 Å². The van der Waals surface area contributed by atoms with Crippen molar-refractivity contribution in [3.63, 3.8) is 0 Å². The van der Waals surface area contributed by atoms with Gasteiger partial charge in [-0.25, -0.2) is 9.97 Å². The van der Waals surface area contributed by atoms with Crippen LogP contribution in [0.3, 0.4) is 0 Å². The normalized spacial score (nSPS) is 22.7. The summed E-state index contributed by atoms with van der Waals surface area (Å²) in [4.78, 5) is 30.1. The molecule has 2 unspecified atom stereocenters. The van der Waals surface area contributed by atoms with Crippen molar-refractivity contribution in [2.24, 2.45) is 5.92 Å². The summed E-state index contributed by atoms with van der Waals surface area (Å²) < 4.78 is 5.79. The molecule has 0 aromatic carbocycles. The highest BCUT2D eigenvalue weighted by Crippen LogP contribution is 2.22. The van der Waals surface area contributed by atoms with E-state index in [0.29, 0.717) is 6.54 Å². The lowest BCUT2D eigenvalue weighted by Crippen LogP contribution is -2.45. The smallest absolute Gasteiger partial charge is 0.223 e. The summed E-state index contributed by atoms with van der Waals surface area (Å²) in [5.74, 6) is 2.00. The van der Waals surface area contributed by atoms with Crippen LogP contribution in [0.25, 0.3) is 0 Å². The molecule has 2 fully saturated rings. The SMILES string of the molecule is CC1CN(c2ccc(CNC(=O)C3CCN(c4cnccn4)CC3)cn2)CC(C)O1. The van der Waals surface area contributed by atoms with E-state index in [9.17, 15) is 4.79 Å². The maximum atomic E-state index is 12.6. The van der Waals surface area contributed by atoms with Gasteiger partial charge in [-0.2, -0.15) is 0 Å². The molecule has 0 spiro atoms. The number of carbonyl (C=O) groups excluding carboxylic acids is 1. The minimum Gasteiger partial charge on any atom is -0.372 e. The average Bonchev–Trinajstić information content (AvgIpc) is 2.78. The third kappa shape index (κ3) is 5.05. The van der Waals surface area contributed by atoms with Crippen LogP contribution in [0.15, 0.2) is 36.9 Å². The van der Waals surface area contributed by atoms with Crippen LogP contribution in [0.4, 0.5) is 11.6 Å². The molecule has 0 saturated carbocycles. The molecule has 2 aliphatic rings. The number of rotatable bonds is 5. The Morgan fingerprint density at radius 1 is 1.03 bits per heavy atom. The van der Waals surface area contributed by atoms with Gasteiger partial charge in [0, 0.05) is 57.2 Å². The molecule has 0 radical (unpaired) electrons.